The maximum absolute atomic E-state index is 12.4. The molecule has 26 heavy (non-hydrogen) atoms. The lowest BCUT2D eigenvalue weighted by Gasteiger charge is -2.16. The van der Waals surface area contributed by atoms with Crippen LogP contribution in [0.15, 0.2) is 53.9 Å². The summed E-state index contributed by atoms with van der Waals surface area (Å²) in [6.07, 6.45) is 0. The minimum absolute atomic E-state index is 0.202. The molecule has 0 saturated carbocycles. The van der Waals surface area contributed by atoms with Crippen LogP contribution in [0.4, 0.5) is 11.4 Å². The van der Waals surface area contributed by atoms with Crippen LogP contribution in [0.2, 0.25) is 0 Å². The average molecular weight is 362 g/mol. The lowest BCUT2D eigenvalue weighted by Crippen LogP contribution is -2.32. The van der Waals surface area contributed by atoms with E-state index in [1.165, 1.54) is 0 Å². The van der Waals surface area contributed by atoms with Gasteiger partial charge in [-0.3, -0.25) is 4.79 Å². The van der Waals surface area contributed by atoms with Crippen molar-refractivity contribution in [2.45, 2.75) is 19.9 Å². The van der Waals surface area contributed by atoms with Gasteiger partial charge in [-0.05, 0) is 38.1 Å². The molecule has 1 amide bonds. The summed E-state index contributed by atoms with van der Waals surface area (Å²) in [5.41, 5.74) is 3.80. The van der Waals surface area contributed by atoms with Crippen molar-refractivity contribution in [3.63, 3.8) is 0 Å². The van der Waals surface area contributed by atoms with Crippen LogP contribution in [-0.4, -0.2) is 16.9 Å². The summed E-state index contributed by atoms with van der Waals surface area (Å²) in [5.74, 6) is -0.202. The monoisotopic (exact) mass is 362 g/mol. The summed E-state index contributed by atoms with van der Waals surface area (Å²) in [4.78, 5) is 16.9. The van der Waals surface area contributed by atoms with Gasteiger partial charge in [-0.2, -0.15) is 5.26 Å². The summed E-state index contributed by atoms with van der Waals surface area (Å²) >= 11 is 1.62. The molecule has 6 heteroatoms. The largest absolute Gasteiger partial charge is 0.374 e. The number of para-hydroxylation sites is 1. The van der Waals surface area contributed by atoms with Crippen LogP contribution in [0.3, 0.4) is 0 Å². The third-order valence-corrected chi connectivity index (χ3v) is 4.66. The molecule has 3 rings (SSSR count). The van der Waals surface area contributed by atoms with Gasteiger partial charge < -0.3 is 10.6 Å². The Morgan fingerprint density at radius 2 is 1.92 bits per heavy atom. The van der Waals surface area contributed by atoms with Crippen molar-refractivity contribution in [2.24, 2.45) is 0 Å². The molecule has 130 valence electrons. The van der Waals surface area contributed by atoms with E-state index in [2.05, 4.69) is 21.7 Å². The van der Waals surface area contributed by atoms with Gasteiger partial charge in [0.25, 0.3) is 0 Å². The topological polar surface area (TPSA) is 77.8 Å². The van der Waals surface area contributed by atoms with Gasteiger partial charge in [0.1, 0.15) is 12.1 Å². The Kier molecular flexibility index (Phi) is 5.30. The number of nitrogens with zero attached hydrogens (tertiary/aromatic N) is 2. The summed E-state index contributed by atoms with van der Waals surface area (Å²) < 4.78 is 0. The van der Waals surface area contributed by atoms with Gasteiger partial charge in [0.05, 0.1) is 22.0 Å². The highest BCUT2D eigenvalue weighted by Crippen LogP contribution is 2.23. The molecule has 3 aromatic rings. The fourth-order valence-corrected chi connectivity index (χ4v) is 3.10. The Hall–Kier alpha value is -3.17. The fourth-order valence-electron chi connectivity index (χ4n) is 2.48. The SMILES string of the molecule is Cc1nc(-c2ccc(N[C@H](C)C(=O)Nc3ccccc3C#N)cc2)cs1. The number of thiazole rings is 1. The number of hydrogen-bond acceptors (Lipinski definition) is 5. The third-order valence-electron chi connectivity index (χ3n) is 3.88. The Balaban J connectivity index is 1.65. The number of aromatic nitrogens is 1. The van der Waals surface area contributed by atoms with Crippen molar-refractivity contribution in [2.75, 3.05) is 10.6 Å². The molecule has 1 aromatic heterocycles. The van der Waals surface area contributed by atoms with E-state index in [-0.39, 0.29) is 5.91 Å². The molecule has 5 nitrogen and oxygen atoms in total. The molecule has 0 unspecified atom stereocenters. The van der Waals surface area contributed by atoms with Gasteiger partial charge >= 0.3 is 0 Å². The van der Waals surface area contributed by atoms with Crippen molar-refractivity contribution < 1.29 is 4.79 Å². The van der Waals surface area contributed by atoms with Crippen LogP contribution in [0, 0.1) is 18.3 Å². The van der Waals surface area contributed by atoms with Gasteiger partial charge in [0.15, 0.2) is 0 Å². The first-order valence-electron chi connectivity index (χ1n) is 8.16. The fraction of sp³-hybridized carbons (Fsp3) is 0.150. The van der Waals surface area contributed by atoms with E-state index in [0.29, 0.717) is 11.3 Å². The Bertz CT molecular complexity index is 956. The van der Waals surface area contributed by atoms with Crippen molar-refractivity contribution in [3.05, 3.63) is 64.5 Å². The quantitative estimate of drug-likeness (QED) is 0.704. The first-order chi connectivity index (χ1) is 12.6. The zero-order valence-electron chi connectivity index (χ0n) is 14.5. The molecular weight excluding hydrogens is 344 g/mol. The van der Waals surface area contributed by atoms with E-state index in [1.807, 2.05) is 36.6 Å². The second-order valence-corrected chi connectivity index (χ2v) is 6.90. The number of anilines is 2. The molecule has 0 aliphatic carbocycles. The standard InChI is InChI=1S/C20H18N4OS/c1-13(20(25)24-18-6-4-3-5-16(18)11-21)22-17-9-7-15(8-10-17)19-12-26-14(2)23-19/h3-10,12-13,22H,1-2H3,(H,24,25)/t13-/m1/s1. The molecule has 0 aliphatic rings. The number of nitrogens with one attached hydrogen (secondary N) is 2. The van der Waals surface area contributed by atoms with Gasteiger partial charge in [-0.15, -0.1) is 11.3 Å². The van der Waals surface area contributed by atoms with E-state index < -0.39 is 6.04 Å². The highest BCUT2D eigenvalue weighted by Gasteiger charge is 2.14. The zero-order chi connectivity index (χ0) is 18.5. The number of aryl methyl sites for hydroxylation is 1. The maximum Gasteiger partial charge on any atom is 0.246 e. The lowest BCUT2D eigenvalue weighted by molar-refractivity contribution is -0.116. The number of carbonyl (C=O) groups excluding carboxylic acids is 1. The molecular formula is C20H18N4OS. The van der Waals surface area contributed by atoms with Crippen LogP contribution in [0.25, 0.3) is 11.3 Å². The van der Waals surface area contributed by atoms with Gasteiger partial charge in [-0.1, -0.05) is 24.3 Å². The number of benzene rings is 2. The number of amides is 1. The van der Waals surface area contributed by atoms with E-state index in [0.717, 1.165) is 22.0 Å². The van der Waals surface area contributed by atoms with E-state index in [4.69, 9.17) is 5.26 Å². The molecule has 0 saturated heterocycles. The first kappa shape index (κ1) is 17.6. The minimum Gasteiger partial charge on any atom is -0.374 e. The number of hydrogen-bond donors (Lipinski definition) is 2. The summed E-state index contributed by atoms with van der Waals surface area (Å²) in [6.45, 7) is 3.76. The first-order valence-corrected chi connectivity index (χ1v) is 9.04. The normalized spacial score (nSPS) is 11.4. The smallest absolute Gasteiger partial charge is 0.246 e. The van der Waals surface area contributed by atoms with Crippen molar-refractivity contribution in [3.8, 4) is 17.3 Å². The van der Waals surface area contributed by atoms with E-state index in [9.17, 15) is 4.79 Å². The second-order valence-electron chi connectivity index (χ2n) is 5.84. The van der Waals surface area contributed by atoms with E-state index >= 15 is 0 Å². The molecule has 1 atom stereocenters. The van der Waals surface area contributed by atoms with Gasteiger partial charge in [0, 0.05) is 16.6 Å². The summed E-state index contributed by atoms with van der Waals surface area (Å²) in [5, 5.41) is 18.1. The molecule has 2 aromatic carbocycles. The lowest BCUT2D eigenvalue weighted by atomic mass is 10.1. The summed E-state index contributed by atoms with van der Waals surface area (Å²) in [7, 11) is 0. The summed E-state index contributed by atoms with van der Waals surface area (Å²) in [6, 6.07) is 16.4. The highest BCUT2D eigenvalue weighted by atomic mass is 32.1. The molecule has 2 N–H and O–H groups in total. The molecule has 0 aliphatic heterocycles. The Morgan fingerprint density at radius 3 is 2.58 bits per heavy atom. The van der Waals surface area contributed by atoms with Crippen molar-refractivity contribution >= 4 is 28.6 Å². The van der Waals surface area contributed by atoms with Crippen LogP contribution in [0.5, 0.6) is 0 Å². The zero-order valence-corrected chi connectivity index (χ0v) is 15.3. The van der Waals surface area contributed by atoms with Crippen LogP contribution in [-0.2, 0) is 4.79 Å². The van der Waals surface area contributed by atoms with Gasteiger partial charge in [0.2, 0.25) is 5.91 Å². The van der Waals surface area contributed by atoms with Crippen LogP contribution >= 0.6 is 11.3 Å². The number of nitriles is 1. The average Bonchev–Trinajstić information content (AvgIpc) is 3.09. The molecule has 0 radical (unpaired) electrons. The number of carbonyl (C=O) groups is 1. The van der Waals surface area contributed by atoms with Gasteiger partial charge in [-0.25, -0.2) is 4.98 Å². The van der Waals surface area contributed by atoms with Crippen LogP contribution < -0.4 is 10.6 Å². The predicted octanol–water partition coefficient (Wildman–Crippen LogP) is 4.43. The molecule has 1 heterocycles. The highest BCUT2D eigenvalue weighted by molar-refractivity contribution is 7.09. The molecule has 0 spiro atoms. The van der Waals surface area contributed by atoms with Crippen LogP contribution in [0.1, 0.15) is 17.5 Å². The van der Waals surface area contributed by atoms with Crippen molar-refractivity contribution in [1.29, 1.82) is 5.26 Å². The second kappa shape index (κ2) is 7.81. The maximum atomic E-state index is 12.4. The number of rotatable bonds is 5. The van der Waals surface area contributed by atoms with Crippen molar-refractivity contribution in [1.82, 2.24) is 4.98 Å². The molecule has 0 bridgehead atoms. The predicted molar refractivity (Wildman–Crippen MR) is 105 cm³/mol. The third kappa shape index (κ3) is 4.08. The molecule has 0 fully saturated rings. The Labute approximate surface area is 156 Å². The Morgan fingerprint density at radius 1 is 1.19 bits per heavy atom. The minimum atomic E-state index is -0.450. The van der Waals surface area contributed by atoms with E-state index in [1.54, 1.807) is 42.5 Å².